The Morgan fingerprint density at radius 1 is 1.23 bits per heavy atom. The third kappa shape index (κ3) is 5.20. The van der Waals surface area contributed by atoms with Gasteiger partial charge in [-0.3, -0.25) is 18.7 Å². The Morgan fingerprint density at radius 2 is 1.81 bits per heavy atom. The van der Waals surface area contributed by atoms with Crippen LogP contribution in [0.15, 0.2) is 21.7 Å². The molecule has 13 heteroatoms. The van der Waals surface area contributed by atoms with Crippen molar-refractivity contribution in [1.82, 2.24) is 19.0 Å². The van der Waals surface area contributed by atoms with E-state index in [1.807, 2.05) is 0 Å². The summed E-state index contributed by atoms with van der Waals surface area (Å²) >= 11 is 11.0. The van der Waals surface area contributed by atoms with Gasteiger partial charge in [-0.2, -0.15) is 0 Å². The van der Waals surface area contributed by atoms with E-state index in [-0.39, 0.29) is 28.5 Å². The number of esters is 1. The maximum absolute atomic E-state index is 14.6. The summed E-state index contributed by atoms with van der Waals surface area (Å²) in [5, 5.41) is 2.30. The fourth-order valence-corrected chi connectivity index (χ4v) is 2.89. The molecular formula is C18H20ClFN4O6S. The van der Waals surface area contributed by atoms with Crippen LogP contribution in [-0.2, 0) is 28.4 Å². The van der Waals surface area contributed by atoms with Gasteiger partial charge in [0.25, 0.3) is 5.91 Å². The summed E-state index contributed by atoms with van der Waals surface area (Å²) < 4.78 is 27.1. The van der Waals surface area contributed by atoms with E-state index < -0.39 is 40.9 Å². The minimum absolute atomic E-state index is 0.0248. The summed E-state index contributed by atoms with van der Waals surface area (Å²) in [4.78, 5) is 48.3. The fourth-order valence-electron chi connectivity index (χ4n) is 2.53. The van der Waals surface area contributed by atoms with Crippen molar-refractivity contribution in [2.45, 2.75) is 19.4 Å². The first-order valence-corrected chi connectivity index (χ1v) is 9.67. The molecule has 1 unspecified atom stereocenters. The molecule has 0 spiro atoms. The van der Waals surface area contributed by atoms with Crippen LogP contribution in [-0.4, -0.2) is 45.3 Å². The molecule has 0 aliphatic heterocycles. The zero-order valence-corrected chi connectivity index (χ0v) is 18.7. The van der Waals surface area contributed by atoms with Gasteiger partial charge in [0.1, 0.15) is 11.6 Å². The standard InChI is InChI=1S/C18H20ClFN4O6S/c1-9(15(26)21-6-5-14(25)29-4)30-13-8-12(11(20)7-10(13)19)24-16(27)22(2)18(31)23(3)17(24)28/h7-9H,5-6H2,1-4H3,(H,21,26). The summed E-state index contributed by atoms with van der Waals surface area (Å²) in [6, 6.07) is 1.91. The summed E-state index contributed by atoms with van der Waals surface area (Å²) in [6.45, 7) is 1.43. The number of amides is 1. The Labute approximate surface area is 185 Å². The van der Waals surface area contributed by atoms with Crippen LogP contribution in [0.2, 0.25) is 5.02 Å². The molecule has 0 fully saturated rings. The lowest BCUT2D eigenvalue weighted by Crippen LogP contribution is -2.43. The van der Waals surface area contributed by atoms with Gasteiger partial charge in [0.2, 0.25) is 0 Å². The Kier molecular flexibility index (Phi) is 7.74. The number of aromatic nitrogens is 3. The van der Waals surface area contributed by atoms with Gasteiger partial charge in [-0.05, 0) is 25.2 Å². The van der Waals surface area contributed by atoms with Gasteiger partial charge >= 0.3 is 17.3 Å². The highest BCUT2D eigenvalue weighted by molar-refractivity contribution is 7.71. The predicted molar refractivity (Wildman–Crippen MR) is 112 cm³/mol. The maximum Gasteiger partial charge on any atom is 0.338 e. The molecule has 0 bridgehead atoms. The highest BCUT2D eigenvalue weighted by Gasteiger charge is 2.21. The van der Waals surface area contributed by atoms with E-state index in [0.29, 0.717) is 4.57 Å². The second-order valence-corrected chi connectivity index (χ2v) is 7.18. The number of benzene rings is 1. The lowest BCUT2D eigenvalue weighted by Gasteiger charge is -2.17. The van der Waals surface area contributed by atoms with Crippen LogP contribution in [0.25, 0.3) is 5.69 Å². The molecule has 1 atom stereocenters. The van der Waals surface area contributed by atoms with Crippen LogP contribution in [0.3, 0.4) is 0 Å². The zero-order valence-electron chi connectivity index (χ0n) is 17.1. The van der Waals surface area contributed by atoms with Crippen molar-refractivity contribution < 1.29 is 23.5 Å². The molecule has 2 rings (SSSR count). The number of hydrogen-bond acceptors (Lipinski definition) is 7. The molecular weight excluding hydrogens is 455 g/mol. The van der Waals surface area contributed by atoms with Gasteiger partial charge in [0, 0.05) is 26.7 Å². The molecule has 10 nitrogen and oxygen atoms in total. The van der Waals surface area contributed by atoms with Crippen LogP contribution in [0, 0.1) is 10.6 Å². The van der Waals surface area contributed by atoms with Crippen LogP contribution >= 0.6 is 23.8 Å². The van der Waals surface area contributed by atoms with Crippen molar-refractivity contribution in [2.75, 3.05) is 13.7 Å². The lowest BCUT2D eigenvalue weighted by atomic mass is 10.2. The number of ether oxygens (including phenoxy) is 2. The molecule has 1 heterocycles. The Hall–Kier alpha value is -2.99. The SMILES string of the molecule is COC(=O)CCNC(=O)C(C)Oc1cc(-n2c(=O)n(C)c(=S)n(C)c2=O)c(F)cc1Cl. The Morgan fingerprint density at radius 3 is 2.35 bits per heavy atom. The third-order valence-corrected chi connectivity index (χ3v) is 5.14. The number of nitrogens with zero attached hydrogens (tertiary/aromatic N) is 3. The Bertz CT molecular complexity index is 1160. The molecule has 1 aromatic carbocycles. The number of carbonyl (C=O) groups excluding carboxylic acids is 2. The van der Waals surface area contributed by atoms with E-state index in [4.69, 9.17) is 28.6 Å². The van der Waals surface area contributed by atoms with E-state index in [1.54, 1.807) is 0 Å². The van der Waals surface area contributed by atoms with Gasteiger partial charge in [0.15, 0.2) is 10.9 Å². The first-order valence-electron chi connectivity index (χ1n) is 8.89. The van der Waals surface area contributed by atoms with Gasteiger partial charge in [0.05, 0.1) is 24.2 Å². The molecule has 1 N–H and O–H groups in total. The summed E-state index contributed by atoms with van der Waals surface area (Å²) in [5.41, 5.74) is -2.16. The van der Waals surface area contributed by atoms with Gasteiger partial charge in [-0.15, -0.1) is 0 Å². The normalized spacial score (nSPS) is 11.7. The van der Waals surface area contributed by atoms with Crippen molar-refractivity contribution in [1.29, 1.82) is 0 Å². The molecule has 1 amide bonds. The number of carbonyl (C=O) groups is 2. The smallest absolute Gasteiger partial charge is 0.338 e. The van der Waals surface area contributed by atoms with E-state index in [1.165, 1.54) is 28.1 Å². The van der Waals surface area contributed by atoms with Crippen molar-refractivity contribution in [3.05, 3.63) is 48.7 Å². The maximum atomic E-state index is 14.6. The number of halogens is 2. The molecule has 0 saturated carbocycles. The number of nitrogens with one attached hydrogen (secondary N) is 1. The first kappa shape index (κ1) is 24.3. The molecule has 0 aliphatic rings. The second kappa shape index (κ2) is 9.88. The second-order valence-electron chi connectivity index (χ2n) is 6.41. The zero-order chi connectivity index (χ0) is 23.5. The van der Waals surface area contributed by atoms with Crippen LogP contribution in [0.1, 0.15) is 13.3 Å². The Balaban J connectivity index is 2.38. The fraction of sp³-hybridized carbons (Fsp3) is 0.389. The molecule has 0 radical (unpaired) electrons. The number of rotatable bonds is 7. The molecule has 0 saturated heterocycles. The van der Waals surface area contributed by atoms with E-state index >= 15 is 0 Å². The van der Waals surface area contributed by atoms with E-state index in [0.717, 1.165) is 21.3 Å². The number of hydrogen-bond donors (Lipinski definition) is 1. The predicted octanol–water partition coefficient (Wildman–Crippen LogP) is 0.843. The molecule has 2 aromatic rings. The summed E-state index contributed by atoms with van der Waals surface area (Å²) in [5.74, 6) is -2.15. The third-order valence-electron chi connectivity index (χ3n) is 4.30. The van der Waals surface area contributed by atoms with Crippen molar-refractivity contribution in [3.63, 3.8) is 0 Å². The van der Waals surface area contributed by atoms with Gasteiger partial charge in [-0.25, -0.2) is 18.5 Å². The largest absolute Gasteiger partial charge is 0.479 e. The monoisotopic (exact) mass is 474 g/mol. The molecule has 31 heavy (non-hydrogen) atoms. The average molecular weight is 475 g/mol. The molecule has 0 aliphatic carbocycles. The minimum Gasteiger partial charge on any atom is -0.479 e. The number of methoxy groups -OCH3 is 1. The van der Waals surface area contributed by atoms with Gasteiger partial charge in [-0.1, -0.05) is 11.6 Å². The highest BCUT2D eigenvalue weighted by atomic mass is 35.5. The topological polar surface area (TPSA) is 114 Å². The van der Waals surface area contributed by atoms with E-state index in [9.17, 15) is 23.6 Å². The van der Waals surface area contributed by atoms with Crippen molar-refractivity contribution in [3.8, 4) is 11.4 Å². The van der Waals surface area contributed by atoms with Crippen LogP contribution in [0.5, 0.6) is 5.75 Å². The van der Waals surface area contributed by atoms with Gasteiger partial charge < -0.3 is 14.8 Å². The van der Waals surface area contributed by atoms with E-state index in [2.05, 4.69) is 10.1 Å². The highest BCUT2D eigenvalue weighted by Crippen LogP contribution is 2.29. The summed E-state index contributed by atoms with van der Waals surface area (Å²) in [6.07, 6.45) is -1.11. The van der Waals surface area contributed by atoms with Crippen molar-refractivity contribution in [2.24, 2.45) is 14.1 Å². The van der Waals surface area contributed by atoms with Crippen LogP contribution in [0.4, 0.5) is 4.39 Å². The minimum atomic E-state index is -1.08. The molecule has 1 aromatic heterocycles. The average Bonchev–Trinajstić information content (AvgIpc) is 2.73. The lowest BCUT2D eigenvalue weighted by molar-refractivity contribution is -0.140. The quantitative estimate of drug-likeness (QED) is 0.467. The van der Waals surface area contributed by atoms with Crippen molar-refractivity contribution >= 4 is 35.7 Å². The summed E-state index contributed by atoms with van der Waals surface area (Å²) in [7, 11) is 3.91. The molecule has 168 valence electrons. The first-order chi connectivity index (χ1) is 14.5. The van der Waals surface area contributed by atoms with Crippen LogP contribution < -0.4 is 21.4 Å².